The summed E-state index contributed by atoms with van der Waals surface area (Å²) in [5, 5.41) is 0. The van der Waals surface area contributed by atoms with E-state index in [9.17, 15) is 24.0 Å². The fraction of sp³-hybridized carbons (Fsp3) is 0.320. The number of rotatable bonds is 6. The van der Waals surface area contributed by atoms with Crippen LogP contribution in [0.2, 0.25) is 0 Å². The number of carbonyl (C=O) groups is 5. The summed E-state index contributed by atoms with van der Waals surface area (Å²) in [6.07, 6.45) is 0. The number of allylic oxidation sites excluding steroid dienone is 2. The molecule has 2 aliphatic heterocycles. The Hall–Kier alpha value is -4.41. The molecule has 2 atom stereocenters. The van der Waals surface area contributed by atoms with Gasteiger partial charge in [0.05, 0.1) is 50.9 Å². The zero-order valence-electron chi connectivity index (χ0n) is 20.6. The van der Waals surface area contributed by atoms with Gasteiger partial charge in [-0.3, -0.25) is 14.5 Å². The van der Waals surface area contributed by atoms with Crippen molar-refractivity contribution in [2.75, 3.05) is 28.4 Å². The van der Waals surface area contributed by atoms with Gasteiger partial charge in [-0.15, -0.1) is 0 Å². The Bertz CT molecular complexity index is 1220. The largest absolute Gasteiger partial charge is 0.468 e. The number of hydrogen-bond donors (Lipinski definition) is 0. The van der Waals surface area contributed by atoms with Crippen molar-refractivity contribution >= 4 is 29.7 Å². The van der Waals surface area contributed by atoms with Gasteiger partial charge in [0, 0.05) is 5.56 Å². The summed E-state index contributed by atoms with van der Waals surface area (Å²) >= 11 is 0. The first-order valence-electron chi connectivity index (χ1n) is 10.7. The average molecular weight is 499 g/mol. The maximum absolute atomic E-state index is 13.9. The van der Waals surface area contributed by atoms with Gasteiger partial charge < -0.3 is 23.7 Å². The van der Waals surface area contributed by atoms with Crippen molar-refractivity contribution in [2.24, 2.45) is 5.92 Å². The first kappa shape index (κ1) is 26.2. The lowest BCUT2D eigenvalue weighted by Gasteiger charge is -2.31. The van der Waals surface area contributed by atoms with Crippen LogP contribution in [-0.4, -0.2) is 69.0 Å². The van der Waals surface area contributed by atoms with Crippen molar-refractivity contribution in [3.05, 3.63) is 70.0 Å². The maximum Gasteiger partial charge on any atom is 0.339 e. The summed E-state index contributed by atoms with van der Waals surface area (Å²) in [4.78, 5) is 67.8. The summed E-state index contributed by atoms with van der Waals surface area (Å²) in [6, 6.07) is 6.30. The smallest absolute Gasteiger partial charge is 0.339 e. The number of nitrogens with zero attached hydrogens (tertiary/aromatic N) is 1. The van der Waals surface area contributed by atoms with Gasteiger partial charge in [-0.1, -0.05) is 30.3 Å². The lowest BCUT2D eigenvalue weighted by atomic mass is 9.84. The van der Waals surface area contributed by atoms with Crippen LogP contribution in [0.15, 0.2) is 64.4 Å². The van der Waals surface area contributed by atoms with Crippen LogP contribution in [0.25, 0.3) is 0 Å². The van der Waals surface area contributed by atoms with Gasteiger partial charge in [-0.2, -0.15) is 0 Å². The molecule has 0 fully saturated rings. The van der Waals surface area contributed by atoms with Gasteiger partial charge in [0.25, 0.3) is 0 Å². The average Bonchev–Trinajstić information content (AvgIpc) is 3.11. The van der Waals surface area contributed by atoms with E-state index in [1.807, 2.05) is 0 Å². The number of methoxy groups -OCH3 is 4. The maximum atomic E-state index is 13.9. The van der Waals surface area contributed by atoms with Crippen molar-refractivity contribution in [3.8, 4) is 0 Å². The first-order valence-corrected chi connectivity index (χ1v) is 10.7. The number of ketones is 1. The highest BCUT2D eigenvalue weighted by atomic mass is 16.5. The second-order valence-electron chi connectivity index (χ2n) is 7.73. The molecule has 11 nitrogen and oxygen atoms in total. The first-order chi connectivity index (χ1) is 17.1. The SMILES string of the molecule is COC(=O)C1=C(C(=O)OC)[C@@H](C(=O)OC)[C@H](C(=O)OC)N2C(C)=C(C)OC2=C1C(=O)c1ccccc1. The molecule has 0 radical (unpaired) electrons. The van der Waals surface area contributed by atoms with Crippen LogP contribution >= 0.6 is 0 Å². The Morgan fingerprint density at radius 1 is 0.778 bits per heavy atom. The molecule has 2 aliphatic rings. The van der Waals surface area contributed by atoms with Crippen LogP contribution in [0.5, 0.6) is 0 Å². The van der Waals surface area contributed by atoms with Crippen molar-refractivity contribution in [1.29, 1.82) is 0 Å². The molecule has 0 unspecified atom stereocenters. The molecular formula is C25H25NO10. The summed E-state index contributed by atoms with van der Waals surface area (Å²) < 4.78 is 25.6. The molecule has 0 saturated carbocycles. The van der Waals surface area contributed by atoms with Crippen LogP contribution in [0.4, 0.5) is 0 Å². The minimum absolute atomic E-state index is 0.141. The molecule has 36 heavy (non-hydrogen) atoms. The van der Waals surface area contributed by atoms with Crippen LogP contribution in [0.1, 0.15) is 24.2 Å². The van der Waals surface area contributed by atoms with E-state index >= 15 is 0 Å². The van der Waals surface area contributed by atoms with Crippen molar-refractivity contribution in [1.82, 2.24) is 4.90 Å². The predicted octanol–water partition coefficient (Wildman–Crippen LogP) is 1.65. The normalized spacial score (nSPS) is 19.2. The minimum Gasteiger partial charge on any atom is -0.468 e. The molecule has 0 aliphatic carbocycles. The third-order valence-corrected chi connectivity index (χ3v) is 5.93. The Morgan fingerprint density at radius 2 is 1.36 bits per heavy atom. The number of ether oxygens (including phenoxy) is 5. The van der Waals surface area contributed by atoms with Gasteiger partial charge in [-0.05, 0) is 13.8 Å². The standard InChI is InChI=1S/C25H25NO10/c1-12-13(2)36-21-18(20(27)14-10-8-7-9-11-14)16(23(29)33-4)15(22(28)32-3)17(24(30)34-5)19(26(12)21)25(31)35-6/h7-11,17,19H,1-6H3/t17-,19-/m1/s1. The zero-order valence-corrected chi connectivity index (χ0v) is 20.6. The molecule has 0 amide bonds. The molecule has 1 aromatic rings. The van der Waals surface area contributed by atoms with E-state index in [0.717, 1.165) is 28.4 Å². The predicted molar refractivity (Wildman–Crippen MR) is 121 cm³/mol. The highest BCUT2D eigenvalue weighted by Crippen LogP contribution is 2.44. The third-order valence-electron chi connectivity index (χ3n) is 5.93. The van der Waals surface area contributed by atoms with Gasteiger partial charge in [0.2, 0.25) is 5.88 Å². The summed E-state index contributed by atoms with van der Waals surface area (Å²) in [5.41, 5.74) is -1.13. The van der Waals surface area contributed by atoms with Gasteiger partial charge in [0.1, 0.15) is 11.7 Å². The van der Waals surface area contributed by atoms with Crippen LogP contribution in [0, 0.1) is 5.92 Å². The topological polar surface area (TPSA) is 135 Å². The fourth-order valence-corrected chi connectivity index (χ4v) is 4.13. The van der Waals surface area contributed by atoms with Gasteiger partial charge in [-0.25, -0.2) is 14.4 Å². The van der Waals surface area contributed by atoms with Gasteiger partial charge >= 0.3 is 23.9 Å². The fourth-order valence-electron chi connectivity index (χ4n) is 4.13. The molecule has 2 heterocycles. The van der Waals surface area contributed by atoms with Crippen LogP contribution < -0.4 is 0 Å². The Labute approximate surface area is 206 Å². The van der Waals surface area contributed by atoms with Gasteiger partial charge in [0.15, 0.2) is 11.8 Å². The van der Waals surface area contributed by atoms with E-state index in [1.54, 1.807) is 32.0 Å². The van der Waals surface area contributed by atoms with E-state index in [1.165, 1.54) is 17.0 Å². The summed E-state index contributed by atoms with van der Waals surface area (Å²) in [7, 11) is 4.20. The van der Waals surface area contributed by atoms with E-state index in [4.69, 9.17) is 23.7 Å². The minimum atomic E-state index is -1.76. The second-order valence-corrected chi connectivity index (χ2v) is 7.73. The number of esters is 4. The van der Waals surface area contributed by atoms with Crippen molar-refractivity contribution in [2.45, 2.75) is 19.9 Å². The molecule has 0 saturated heterocycles. The highest BCUT2D eigenvalue weighted by Gasteiger charge is 2.54. The highest BCUT2D eigenvalue weighted by molar-refractivity contribution is 6.21. The molecule has 0 N–H and O–H groups in total. The summed E-state index contributed by atoms with van der Waals surface area (Å²) in [6.45, 7) is 3.16. The van der Waals surface area contributed by atoms with Crippen molar-refractivity contribution in [3.63, 3.8) is 0 Å². The number of Topliss-reactive ketones (excluding diaryl/α,β-unsaturated/α-hetero) is 1. The number of carbonyl (C=O) groups excluding carboxylic acids is 5. The molecule has 0 bridgehead atoms. The van der Waals surface area contributed by atoms with E-state index in [-0.39, 0.29) is 17.2 Å². The van der Waals surface area contributed by atoms with E-state index in [0.29, 0.717) is 5.70 Å². The van der Waals surface area contributed by atoms with Crippen molar-refractivity contribution < 1.29 is 47.7 Å². The van der Waals surface area contributed by atoms with E-state index < -0.39 is 58.3 Å². The molecule has 11 heteroatoms. The number of hydrogen-bond acceptors (Lipinski definition) is 11. The molecule has 3 rings (SSSR count). The number of fused-ring (bicyclic) bond motifs is 1. The molecule has 0 spiro atoms. The molecule has 190 valence electrons. The lowest BCUT2D eigenvalue weighted by molar-refractivity contribution is -0.157. The second kappa shape index (κ2) is 10.5. The van der Waals surface area contributed by atoms with Crippen LogP contribution in [-0.2, 0) is 42.9 Å². The third kappa shape index (κ3) is 4.23. The monoisotopic (exact) mass is 499 g/mol. The van der Waals surface area contributed by atoms with Crippen LogP contribution in [0.3, 0.4) is 0 Å². The Balaban J connectivity index is 2.57. The Morgan fingerprint density at radius 3 is 1.89 bits per heavy atom. The Kier molecular flexibility index (Phi) is 7.62. The molecule has 1 aromatic carbocycles. The van der Waals surface area contributed by atoms with E-state index in [2.05, 4.69) is 0 Å². The number of benzene rings is 1. The molecular weight excluding hydrogens is 474 g/mol. The quantitative estimate of drug-likeness (QED) is 0.321. The lowest BCUT2D eigenvalue weighted by Crippen LogP contribution is -2.48. The zero-order chi connectivity index (χ0) is 26.7. The molecule has 0 aromatic heterocycles. The summed E-state index contributed by atoms with van der Waals surface area (Å²) in [5.74, 6) is -6.75.